The van der Waals surface area contributed by atoms with Gasteiger partial charge in [-0.05, 0) is 24.6 Å². The largest absolute Gasteiger partial charge is 0.399 e. The average Bonchev–Trinajstić information content (AvgIpc) is 2.35. The molecule has 0 amide bonds. The molecule has 2 aromatic rings. The van der Waals surface area contributed by atoms with Crippen LogP contribution in [0.4, 0.5) is 11.5 Å². The van der Waals surface area contributed by atoms with E-state index in [0.29, 0.717) is 18.7 Å². The first-order chi connectivity index (χ1) is 8.20. The highest BCUT2D eigenvalue weighted by molar-refractivity contribution is 5.90. The summed E-state index contributed by atoms with van der Waals surface area (Å²) in [4.78, 5) is 8.33. The fourth-order valence-corrected chi connectivity index (χ4v) is 1.57. The van der Waals surface area contributed by atoms with Crippen LogP contribution in [-0.4, -0.2) is 27.7 Å². The van der Waals surface area contributed by atoms with Crippen LogP contribution in [0.1, 0.15) is 13.3 Å². The summed E-state index contributed by atoms with van der Waals surface area (Å²) in [5.41, 5.74) is 7.17. The molecular weight excluding hydrogens is 216 g/mol. The monoisotopic (exact) mass is 232 g/mol. The van der Waals surface area contributed by atoms with Crippen molar-refractivity contribution >= 4 is 22.4 Å². The Balaban J connectivity index is 2.28. The first-order valence-corrected chi connectivity index (χ1v) is 5.63. The van der Waals surface area contributed by atoms with Crippen LogP contribution >= 0.6 is 0 Å². The normalized spacial score (nSPS) is 12.6. The predicted octanol–water partition coefficient (Wildman–Crippen LogP) is 1.39. The van der Waals surface area contributed by atoms with Crippen LogP contribution in [0.2, 0.25) is 0 Å². The molecule has 0 aliphatic carbocycles. The number of anilines is 2. The highest BCUT2D eigenvalue weighted by Crippen LogP contribution is 2.21. The second-order valence-corrected chi connectivity index (χ2v) is 3.94. The van der Waals surface area contributed by atoms with Gasteiger partial charge in [0.05, 0.1) is 11.6 Å². The van der Waals surface area contributed by atoms with Crippen molar-refractivity contribution < 1.29 is 5.11 Å². The first-order valence-electron chi connectivity index (χ1n) is 5.63. The lowest BCUT2D eigenvalue weighted by Gasteiger charge is -2.11. The average molecular weight is 232 g/mol. The number of nitrogen functional groups attached to an aromatic ring is 1. The van der Waals surface area contributed by atoms with Crippen molar-refractivity contribution in [1.29, 1.82) is 0 Å². The van der Waals surface area contributed by atoms with Crippen LogP contribution < -0.4 is 11.1 Å². The molecule has 17 heavy (non-hydrogen) atoms. The molecule has 1 atom stereocenters. The highest BCUT2D eigenvalue weighted by Gasteiger charge is 2.05. The van der Waals surface area contributed by atoms with Crippen LogP contribution in [0, 0.1) is 0 Å². The SMILES string of the molecule is CCC(O)CNc1ncnc2cc(N)ccc12. The quantitative estimate of drug-likeness (QED) is 0.694. The van der Waals surface area contributed by atoms with Crippen molar-refractivity contribution in [3.05, 3.63) is 24.5 Å². The summed E-state index contributed by atoms with van der Waals surface area (Å²) >= 11 is 0. The summed E-state index contributed by atoms with van der Waals surface area (Å²) in [6.45, 7) is 2.41. The number of aromatic nitrogens is 2. The predicted molar refractivity (Wildman–Crippen MR) is 68.7 cm³/mol. The van der Waals surface area contributed by atoms with Gasteiger partial charge in [0.25, 0.3) is 0 Å². The van der Waals surface area contributed by atoms with Crippen LogP contribution in [0.5, 0.6) is 0 Å². The maximum absolute atomic E-state index is 9.51. The van der Waals surface area contributed by atoms with Gasteiger partial charge in [-0.25, -0.2) is 9.97 Å². The van der Waals surface area contributed by atoms with E-state index in [4.69, 9.17) is 5.73 Å². The zero-order valence-electron chi connectivity index (χ0n) is 9.72. The van der Waals surface area contributed by atoms with Gasteiger partial charge in [-0.1, -0.05) is 6.92 Å². The Morgan fingerprint density at radius 1 is 1.41 bits per heavy atom. The number of nitrogens with one attached hydrogen (secondary N) is 1. The number of aliphatic hydroxyl groups excluding tert-OH is 1. The number of fused-ring (bicyclic) bond motifs is 1. The van der Waals surface area contributed by atoms with Crippen molar-refractivity contribution in [1.82, 2.24) is 9.97 Å². The van der Waals surface area contributed by atoms with Crippen molar-refractivity contribution in [3.63, 3.8) is 0 Å². The van der Waals surface area contributed by atoms with E-state index in [1.807, 2.05) is 19.1 Å². The van der Waals surface area contributed by atoms with Crippen LogP contribution in [0.15, 0.2) is 24.5 Å². The summed E-state index contributed by atoms with van der Waals surface area (Å²) in [7, 11) is 0. The molecule has 4 N–H and O–H groups in total. The zero-order chi connectivity index (χ0) is 12.3. The molecule has 1 unspecified atom stereocenters. The Bertz CT molecular complexity index is 515. The van der Waals surface area contributed by atoms with E-state index in [1.165, 1.54) is 6.33 Å². The minimum Gasteiger partial charge on any atom is -0.399 e. The van der Waals surface area contributed by atoms with Gasteiger partial charge in [0.15, 0.2) is 0 Å². The Hall–Kier alpha value is -1.88. The molecule has 0 aliphatic heterocycles. The van der Waals surface area contributed by atoms with E-state index in [2.05, 4.69) is 15.3 Å². The molecule has 5 heteroatoms. The van der Waals surface area contributed by atoms with Gasteiger partial charge in [-0.2, -0.15) is 0 Å². The lowest BCUT2D eigenvalue weighted by molar-refractivity contribution is 0.183. The fraction of sp³-hybridized carbons (Fsp3) is 0.333. The summed E-state index contributed by atoms with van der Waals surface area (Å²) in [5, 5.41) is 13.5. The van der Waals surface area contributed by atoms with Gasteiger partial charge in [0.2, 0.25) is 0 Å². The van der Waals surface area contributed by atoms with Crippen molar-refractivity contribution in [2.24, 2.45) is 0 Å². The molecule has 0 radical (unpaired) electrons. The third kappa shape index (κ3) is 2.62. The molecule has 5 nitrogen and oxygen atoms in total. The minimum atomic E-state index is -0.367. The van der Waals surface area contributed by atoms with E-state index < -0.39 is 0 Å². The maximum atomic E-state index is 9.51. The summed E-state index contributed by atoms with van der Waals surface area (Å²) in [6.07, 6.45) is 1.83. The lowest BCUT2D eigenvalue weighted by Crippen LogP contribution is -2.18. The highest BCUT2D eigenvalue weighted by atomic mass is 16.3. The third-order valence-corrected chi connectivity index (χ3v) is 2.64. The molecule has 1 heterocycles. The zero-order valence-corrected chi connectivity index (χ0v) is 9.72. The molecule has 1 aromatic heterocycles. The molecule has 0 spiro atoms. The lowest BCUT2D eigenvalue weighted by atomic mass is 10.2. The van der Waals surface area contributed by atoms with E-state index in [1.54, 1.807) is 6.07 Å². The van der Waals surface area contributed by atoms with E-state index in [-0.39, 0.29) is 6.10 Å². The number of hydrogen-bond donors (Lipinski definition) is 3. The maximum Gasteiger partial charge on any atom is 0.137 e. The standard InChI is InChI=1S/C12H16N4O/c1-2-9(17)6-14-12-10-4-3-8(13)5-11(10)15-7-16-12/h3-5,7,9,17H,2,6,13H2,1H3,(H,14,15,16). The van der Waals surface area contributed by atoms with Gasteiger partial charge in [-0.3, -0.25) is 0 Å². The molecular formula is C12H16N4O. The molecule has 1 aromatic carbocycles. The van der Waals surface area contributed by atoms with E-state index in [9.17, 15) is 5.11 Å². The van der Waals surface area contributed by atoms with Crippen molar-refractivity contribution in [3.8, 4) is 0 Å². The van der Waals surface area contributed by atoms with Gasteiger partial charge in [0, 0.05) is 17.6 Å². The molecule has 0 bridgehead atoms. The summed E-state index contributed by atoms with van der Waals surface area (Å²) in [5.74, 6) is 0.725. The first kappa shape index (κ1) is 11.6. The summed E-state index contributed by atoms with van der Waals surface area (Å²) in [6, 6.07) is 5.50. The molecule has 90 valence electrons. The van der Waals surface area contributed by atoms with E-state index in [0.717, 1.165) is 16.7 Å². The van der Waals surface area contributed by atoms with E-state index >= 15 is 0 Å². The van der Waals surface area contributed by atoms with Gasteiger partial charge in [0.1, 0.15) is 12.1 Å². The molecule has 0 saturated carbocycles. The number of rotatable bonds is 4. The van der Waals surface area contributed by atoms with Gasteiger partial charge >= 0.3 is 0 Å². The van der Waals surface area contributed by atoms with Crippen molar-refractivity contribution in [2.75, 3.05) is 17.6 Å². The van der Waals surface area contributed by atoms with Gasteiger partial charge in [-0.15, -0.1) is 0 Å². The second-order valence-electron chi connectivity index (χ2n) is 3.94. The van der Waals surface area contributed by atoms with Crippen LogP contribution in [-0.2, 0) is 0 Å². The number of benzene rings is 1. The topological polar surface area (TPSA) is 84.1 Å². The fourth-order valence-electron chi connectivity index (χ4n) is 1.57. The Morgan fingerprint density at radius 2 is 2.24 bits per heavy atom. The number of nitrogens with two attached hydrogens (primary N) is 1. The second kappa shape index (κ2) is 4.97. The Morgan fingerprint density at radius 3 is 3.00 bits per heavy atom. The molecule has 2 rings (SSSR count). The molecule has 0 aliphatic rings. The Kier molecular flexibility index (Phi) is 3.39. The minimum absolute atomic E-state index is 0.367. The van der Waals surface area contributed by atoms with Crippen LogP contribution in [0.25, 0.3) is 10.9 Å². The number of nitrogens with zero attached hydrogens (tertiary/aromatic N) is 2. The van der Waals surface area contributed by atoms with Crippen molar-refractivity contribution in [2.45, 2.75) is 19.4 Å². The smallest absolute Gasteiger partial charge is 0.137 e. The molecule has 0 fully saturated rings. The molecule has 0 saturated heterocycles. The van der Waals surface area contributed by atoms with Crippen LogP contribution in [0.3, 0.4) is 0 Å². The number of aliphatic hydroxyl groups is 1. The Labute approximate surface area is 99.7 Å². The third-order valence-electron chi connectivity index (χ3n) is 2.64. The van der Waals surface area contributed by atoms with Gasteiger partial charge < -0.3 is 16.2 Å². The number of hydrogen-bond acceptors (Lipinski definition) is 5. The summed E-state index contributed by atoms with van der Waals surface area (Å²) < 4.78 is 0.